The van der Waals surface area contributed by atoms with Crippen molar-refractivity contribution in [2.75, 3.05) is 5.32 Å². The maximum absolute atomic E-state index is 14.8. The highest BCUT2D eigenvalue weighted by atomic mass is 19.1. The molecule has 1 saturated carbocycles. The molecule has 0 bridgehead atoms. The number of hydrogen-bond donors (Lipinski definition) is 1. The van der Waals surface area contributed by atoms with E-state index in [1.165, 1.54) is 11.8 Å². The number of imidazole rings is 2. The zero-order valence-electron chi connectivity index (χ0n) is 19.1. The summed E-state index contributed by atoms with van der Waals surface area (Å²) in [4.78, 5) is 26.7. The SMILES string of the molecule is Cc1cc(F)c(C(=O)Nc2cccc(-c3ncc4n3[C@H](C)CC4)n2)cc1-n1cnc(C2CC2)c1. The van der Waals surface area contributed by atoms with Gasteiger partial charge in [-0.15, -0.1) is 0 Å². The zero-order valence-corrected chi connectivity index (χ0v) is 19.1. The third-order valence-electron chi connectivity index (χ3n) is 6.76. The van der Waals surface area contributed by atoms with Gasteiger partial charge in [-0.1, -0.05) is 6.07 Å². The Kier molecular flexibility index (Phi) is 4.83. The number of fused-ring (bicyclic) bond motifs is 1. The van der Waals surface area contributed by atoms with Crippen molar-refractivity contribution in [3.8, 4) is 17.2 Å². The van der Waals surface area contributed by atoms with E-state index in [0.29, 0.717) is 23.5 Å². The molecule has 1 aromatic carbocycles. The number of nitrogens with one attached hydrogen (secondary N) is 1. The minimum absolute atomic E-state index is 0.0372. The monoisotopic (exact) mass is 456 g/mol. The number of aromatic nitrogens is 5. The first kappa shape index (κ1) is 20.8. The quantitative estimate of drug-likeness (QED) is 0.447. The van der Waals surface area contributed by atoms with E-state index in [9.17, 15) is 9.18 Å². The number of halogens is 1. The molecule has 4 aromatic rings. The molecule has 0 saturated heterocycles. The molecule has 8 heteroatoms. The zero-order chi connectivity index (χ0) is 23.4. The van der Waals surface area contributed by atoms with Gasteiger partial charge in [0.05, 0.1) is 23.3 Å². The third-order valence-corrected chi connectivity index (χ3v) is 6.76. The third kappa shape index (κ3) is 3.59. The van der Waals surface area contributed by atoms with Crippen LogP contribution in [0, 0.1) is 12.7 Å². The van der Waals surface area contributed by atoms with E-state index in [1.54, 1.807) is 18.5 Å². The summed E-state index contributed by atoms with van der Waals surface area (Å²) in [6.45, 7) is 3.99. The first-order valence-corrected chi connectivity index (χ1v) is 11.7. The molecule has 1 N–H and O–H groups in total. The fraction of sp³-hybridized carbons (Fsp3) is 0.308. The van der Waals surface area contributed by atoms with Crippen molar-refractivity contribution in [2.45, 2.75) is 51.5 Å². The summed E-state index contributed by atoms with van der Waals surface area (Å²) >= 11 is 0. The van der Waals surface area contributed by atoms with E-state index in [1.807, 2.05) is 36.0 Å². The molecule has 1 aliphatic heterocycles. The fourth-order valence-electron chi connectivity index (χ4n) is 4.73. The number of hydrogen-bond acceptors (Lipinski definition) is 4. The fourth-order valence-corrected chi connectivity index (χ4v) is 4.73. The molecule has 1 aliphatic carbocycles. The summed E-state index contributed by atoms with van der Waals surface area (Å²) in [7, 11) is 0. The average molecular weight is 457 g/mol. The Labute approximate surface area is 196 Å². The van der Waals surface area contributed by atoms with Crippen LogP contribution >= 0.6 is 0 Å². The molecule has 0 spiro atoms. The lowest BCUT2D eigenvalue weighted by molar-refractivity contribution is 0.102. The molecule has 1 atom stereocenters. The van der Waals surface area contributed by atoms with Gasteiger partial charge >= 0.3 is 0 Å². The number of rotatable bonds is 5. The number of pyridine rings is 1. The highest BCUT2D eigenvalue weighted by molar-refractivity contribution is 6.04. The summed E-state index contributed by atoms with van der Waals surface area (Å²) in [5.74, 6) is 0.532. The number of carbonyl (C=O) groups excluding carboxylic acids is 1. The first-order chi connectivity index (χ1) is 16.5. The summed E-state index contributed by atoms with van der Waals surface area (Å²) in [5.41, 5.74) is 4.33. The van der Waals surface area contributed by atoms with Gasteiger partial charge in [-0.25, -0.2) is 19.3 Å². The summed E-state index contributed by atoms with van der Waals surface area (Å²) < 4.78 is 18.9. The molecular weight excluding hydrogens is 431 g/mol. The van der Waals surface area contributed by atoms with Gasteiger partial charge in [-0.2, -0.15) is 0 Å². The molecule has 1 fully saturated rings. The van der Waals surface area contributed by atoms with Crippen molar-refractivity contribution >= 4 is 11.7 Å². The van der Waals surface area contributed by atoms with E-state index < -0.39 is 11.7 Å². The summed E-state index contributed by atoms with van der Waals surface area (Å²) in [5, 5.41) is 2.76. The average Bonchev–Trinajstić information content (AvgIpc) is 3.23. The van der Waals surface area contributed by atoms with Crippen LogP contribution in [0.1, 0.15) is 65.5 Å². The number of nitrogens with zero attached hydrogens (tertiary/aromatic N) is 5. The highest BCUT2D eigenvalue weighted by Crippen LogP contribution is 2.39. The van der Waals surface area contributed by atoms with Gasteiger partial charge in [0.1, 0.15) is 17.3 Å². The Balaban J connectivity index is 1.28. The van der Waals surface area contributed by atoms with Gasteiger partial charge in [0.2, 0.25) is 0 Å². The minimum Gasteiger partial charge on any atom is -0.324 e. The molecule has 0 radical (unpaired) electrons. The van der Waals surface area contributed by atoms with Gasteiger partial charge in [-0.3, -0.25) is 4.79 Å². The van der Waals surface area contributed by atoms with Crippen molar-refractivity contribution in [1.82, 2.24) is 24.1 Å². The normalized spacial score (nSPS) is 17.1. The standard InChI is InChI=1S/C26H25FN6O/c1-15-10-20(27)19(11-23(15)32-13-22(29-14-32)17-7-8-17)26(34)31-24-5-3-4-21(30-24)25-28-12-18-9-6-16(2)33(18)25/h3-5,10-14,16-17H,6-9H2,1-2H3,(H,30,31,34)/t16-/m1/s1. The van der Waals surface area contributed by atoms with Crippen LogP contribution in [0.2, 0.25) is 0 Å². The predicted molar refractivity (Wildman–Crippen MR) is 127 cm³/mol. The lowest BCUT2D eigenvalue weighted by Crippen LogP contribution is -2.16. The Morgan fingerprint density at radius 2 is 2.03 bits per heavy atom. The maximum Gasteiger partial charge on any atom is 0.259 e. The Hall–Kier alpha value is -3.81. The van der Waals surface area contributed by atoms with Crippen molar-refractivity contribution in [2.24, 2.45) is 0 Å². The topological polar surface area (TPSA) is 77.6 Å². The smallest absolute Gasteiger partial charge is 0.259 e. The van der Waals surface area contributed by atoms with E-state index in [4.69, 9.17) is 0 Å². The molecule has 4 heterocycles. The molecular formula is C26H25FN6O. The van der Waals surface area contributed by atoms with E-state index in [0.717, 1.165) is 48.5 Å². The molecule has 0 unspecified atom stereocenters. The van der Waals surface area contributed by atoms with Crippen LogP contribution in [-0.2, 0) is 6.42 Å². The summed E-state index contributed by atoms with van der Waals surface area (Å²) in [6, 6.07) is 8.71. The molecule has 1 amide bonds. The largest absolute Gasteiger partial charge is 0.324 e. The van der Waals surface area contributed by atoms with Crippen LogP contribution in [0.3, 0.4) is 0 Å². The van der Waals surface area contributed by atoms with Crippen LogP contribution in [0.5, 0.6) is 0 Å². The number of aryl methyl sites for hydroxylation is 2. The minimum atomic E-state index is -0.572. The maximum atomic E-state index is 14.8. The van der Waals surface area contributed by atoms with Crippen molar-refractivity contribution in [3.05, 3.63) is 77.4 Å². The number of benzene rings is 1. The van der Waals surface area contributed by atoms with Crippen LogP contribution in [0.15, 0.2) is 49.1 Å². The number of anilines is 1. The van der Waals surface area contributed by atoms with Crippen LogP contribution < -0.4 is 5.32 Å². The van der Waals surface area contributed by atoms with Gasteiger partial charge < -0.3 is 14.5 Å². The second-order valence-corrected chi connectivity index (χ2v) is 9.29. The van der Waals surface area contributed by atoms with E-state index in [-0.39, 0.29) is 5.56 Å². The second kappa shape index (κ2) is 7.90. The van der Waals surface area contributed by atoms with Gasteiger partial charge in [0.15, 0.2) is 5.82 Å². The van der Waals surface area contributed by atoms with Gasteiger partial charge in [0.25, 0.3) is 5.91 Å². The van der Waals surface area contributed by atoms with Crippen LogP contribution in [0.25, 0.3) is 17.2 Å². The number of carbonyl (C=O) groups is 1. The lowest BCUT2D eigenvalue weighted by atomic mass is 10.1. The molecule has 2 aliphatic rings. The van der Waals surface area contributed by atoms with Crippen molar-refractivity contribution in [3.63, 3.8) is 0 Å². The molecule has 34 heavy (non-hydrogen) atoms. The Bertz CT molecular complexity index is 1420. The summed E-state index contributed by atoms with van der Waals surface area (Å²) in [6.07, 6.45) is 9.96. The lowest BCUT2D eigenvalue weighted by Gasteiger charge is -2.13. The molecule has 172 valence electrons. The molecule has 3 aromatic heterocycles. The van der Waals surface area contributed by atoms with Gasteiger partial charge in [-0.05, 0) is 69.4 Å². The first-order valence-electron chi connectivity index (χ1n) is 11.7. The molecule has 7 nitrogen and oxygen atoms in total. The van der Waals surface area contributed by atoms with Crippen molar-refractivity contribution in [1.29, 1.82) is 0 Å². The molecule has 6 rings (SSSR count). The van der Waals surface area contributed by atoms with E-state index in [2.05, 4.69) is 31.8 Å². The Morgan fingerprint density at radius 1 is 1.18 bits per heavy atom. The van der Waals surface area contributed by atoms with Crippen LogP contribution in [-0.4, -0.2) is 30.0 Å². The predicted octanol–water partition coefficient (Wildman–Crippen LogP) is 5.22. The highest BCUT2D eigenvalue weighted by Gasteiger charge is 2.26. The Morgan fingerprint density at radius 3 is 2.85 bits per heavy atom. The van der Waals surface area contributed by atoms with Crippen LogP contribution in [0.4, 0.5) is 10.2 Å². The van der Waals surface area contributed by atoms with Crippen molar-refractivity contribution < 1.29 is 9.18 Å². The van der Waals surface area contributed by atoms with Gasteiger partial charge in [0, 0.05) is 30.0 Å². The van der Waals surface area contributed by atoms with E-state index >= 15 is 0 Å². The second-order valence-electron chi connectivity index (χ2n) is 9.29. The number of amides is 1.